The van der Waals surface area contributed by atoms with Gasteiger partial charge in [0.25, 0.3) is 0 Å². The molecule has 0 saturated heterocycles. The monoisotopic (exact) mass is 306 g/mol. The second kappa shape index (κ2) is 7.94. The number of carbonyl (C=O) groups excluding carboxylic acids is 2. The molecule has 0 spiro atoms. The molecule has 0 bridgehead atoms. The second-order valence-corrected chi connectivity index (χ2v) is 5.98. The smallest absolute Gasteiger partial charge is 0.239 e. The standard InChI is InChI=1S/C17H26N2O3/c1-12-7-8-14(11-13(12)2)19-16(21)17(3,4)15(20)18-9-6-10-22-5/h7-8,11H,6,9-10H2,1-5H3,(H,18,20)(H,19,21). The van der Waals surface area contributed by atoms with Gasteiger partial charge < -0.3 is 15.4 Å². The number of hydrogen-bond acceptors (Lipinski definition) is 3. The predicted octanol–water partition coefficient (Wildman–Crippen LogP) is 2.42. The maximum absolute atomic E-state index is 12.4. The van der Waals surface area contributed by atoms with Crippen molar-refractivity contribution < 1.29 is 14.3 Å². The Morgan fingerprint density at radius 2 is 1.82 bits per heavy atom. The van der Waals surface area contributed by atoms with Gasteiger partial charge in [0, 0.05) is 25.9 Å². The van der Waals surface area contributed by atoms with Crippen LogP contribution in [0, 0.1) is 19.3 Å². The molecule has 5 heteroatoms. The van der Waals surface area contributed by atoms with Gasteiger partial charge in [-0.15, -0.1) is 0 Å². The Morgan fingerprint density at radius 3 is 2.41 bits per heavy atom. The average Bonchev–Trinajstić information content (AvgIpc) is 2.47. The normalized spacial score (nSPS) is 11.1. The second-order valence-electron chi connectivity index (χ2n) is 5.98. The van der Waals surface area contributed by atoms with E-state index in [-0.39, 0.29) is 11.8 Å². The molecule has 0 atom stereocenters. The van der Waals surface area contributed by atoms with E-state index >= 15 is 0 Å². The molecule has 0 unspecified atom stereocenters. The molecule has 1 aromatic rings. The molecule has 0 saturated carbocycles. The summed E-state index contributed by atoms with van der Waals surface area (Å²) in [5.74, 6) is -0.607. The van der Waals surface area contributed by atoms with Crippen molar-refractivity contribution in [3.05, 3.63) is 29.3 Å². The molecule has 2 amide bonds. The fraction of sp³-hybridized carbons (Fsp3) is 0.529. The van der Waals surface area contributed by atoms with Crippen molar-refractivity contribution in [3.8, 4) is 0 Å². The average molecular weight is 306 g/mol. The molecule has 0 aromatic heterocycles. The van der Waals surface area contributed by atoms with Gasteiger partial charge in [-0.1, -0.05) is 6.07 Å². The van der Waals surface area contributed by atoms with Crippen LogP contribution in [0.4, 0.5) is 5.69 Å². The first-order chi connectivity index (χ1) is 10.3. The van der Waals surface area contributed by atoms with E-state index in [1.54, 1.807) is 21.0 Å². The Bertz CT molecular complexity index is 539. The maximum Gasteiger partial charge on any atom is 0.239 e. The zero-order valence-corrected chi connectivity index (χ0v) is 14.1. The number of benzene rings is 1. The quantitative estimate of drug-likeness (QED) is 0.600. The lowest BCUT2D eigenvalue weighted by atomic mass is 9.90. The fourth-order valence-corrected chi connectivity index (χ4v) is 1.85. The molecule has 0 aliphatic carbocycles. The van der Waals surface area contributed by atoms with Gasteiger partial charge in [-0.25, -0.2) is 0 Å². The van der Waals surface area contributed by atoms with Gasteiger partial charge in [-0.05, 0) is 57.4 Å². The molecule has 0 fully saturated rings. The van der Waals surface area contributed by atoms with E-state index in [4.69, 9.17) is 4.74 Å². The minimum absolute atomic E-state index is 0.287. The molecule has 122 valence electrons. The summed E-state index contributed by atoms with van der Waals surface area (Å²) in [6.45, 7) is 8.31. The first-order valence-electron chi connectivity index (χ1n) is 7.45. The van der Waals surface area contributed by atoms with Crippen molar-refractivity contribution in [2.75, 3.05) is 25.6 Å². The van der Waals surface area contributed by atoms with Crippen molar-refractivity contribution in [2.24, 2.45) is 5.41 Å². The van der Waals surface area contributed by atoms with Crippen molar-refractivity contribution in [3.63, 3.8) is 0 Å². The first-order valence-corrected chi connectivity index (χ1v) is 7.45. The number of carbonyl (C=O) groups is 2. The predicted molar refractivity (Wildman–Crippen MR) is 87.8 cm³/mol. The summed E-state index contributed by atoms with van der Waals surface area (Å²) in [6.07, 6.45) is 0.719. The first kappa shape index (κ1) is 18.2. The van der Waals surface area contributed by atoms with Crippen LogP contribution >= 0.6 is 0 Å². The molecule has 0 aliphatic rings. The molecule has 1 rings (SSSR count). The number of nitrogens with one attached hydrogen (secondary N) is 2. The highest BCUT2D eigenvalue weighted by Crippen LogP contribution is 2.20. The van der Waals surface area contributed by atoms with Crippen LogP contribution < -0.4 is 10.6 Å². The Balaban J connectivity index is 2.64. The Morgan fingerprint density at radius 1 is 1.14 bits per heavy atom. The third-order valence-corrected chi connectivity index (χ3v) is 3.71. The Hall–Kier alpha value is -1.88. The van der Waals surface area contributed by atoms with Gasteiger partial charge in [0.05, 0.1) is 0 Å². The van der Waals surface area contributed by atoms with E-state index in [0.717, 1.165) is 17.5 Å². The van der Waals surface area contributed by atoms with Crippen LogP contribution in [0.25, 0.3) is 0 Å². The minimum Gasteiger partial charge on any atom is -0.385 e. The molecule has 2 N–H and O–H groups in total. The Labute approximate surface area is 132 Å². The SMILES string of the molecule is COCCCNC(=O)C(C)(C)C(=O)Nc1ccc(C)c(C)c1. The van der Waals surface area contributed by atoms with Crippen LogP contribution in [-0.2, 0) is 14.3 Å². The number of methoxy groups -OCH3 is 1. The third kappa shape index (κ3) is 4.84. The number of aryl methyl sites for hydroxylation is 2. The fourth-order valence-electron chi connectivity index (χ4n) is 1.85. The zero-order chi connectivity index (χ0) is 16.8. The number of hydrogen-bond donors (Lipinski definition) is 2. The summed E-state index contributed by atoms with van der Waals surface area (Å²) >= 11 is 0. The number of amides is 2. The van der Waals surface area contributed by atoms with E-state index in [1.807, 2.05) is 32.0 Å². The van der Waals surface area contributed by atoms with Crippen molar-refractivity contribution in [1.29, 1.82) is 0 Å². The lowest BCUT2D eigenvalue weighted by molar-refractivity contribution is -0.138. The van der Waals surface area contributed by atoms with Crippen LogP contribution in [0.2, 0.25) is 0 Å². The summed E-state index contributed by atoms with van der Waals surface area (Å²) in [4.78, 5) is 24.5. The van der Waals surface area contributed by atoms with E-state index in [9.17, 15) is 9.59 Å². The maximum atomic E-state index is 12.4. The van der Waals surface area contributed by atoms with E-state index in [2.05, 4.69) is 10.6 Å². The Kier molecular flexibility index (Phi) is 6.56. The molecule has 1 aromatic carbocycles. The number of ether oxygens (including phenoxy) is 1. The van der Waals surface area contributed by atoms with Crippen LogP contribution in [0.5, 0.6) is 0 Å². The minimum atomic E-state index is -1.13. The molecule has 0 heterocycles. The van der Waals surface area contributed by atoms with Gasteiger partial charge >= 0.3 is 0 Å². The van der Waals surface area contributed by atoms with Gasteiger partial charge in [0.1, 0.15) is 5.41 Å². The zero-order valence-electron chi connectivity index (χ0n) is 14.1. The van der Waals surface area contributed by atoms with Crippen LogP contribution in [0.1, 0.15) is 31.4 Å². The topological polar surface area (TPSA) is 67.4 Å². The molecule has 5 nitrogen and oxygen atoms in total. The lowest BCUT2D eigenvalue weighted by Gasteiger charge is -2.23. The van der Waals surface area contributed by atoms with Crippen molar-refractivity contribution in [2.45, 2.75) is 34.1 Å². The van der Waals surface area contributed by atoms with Crippen LogP contribution in [-0.4, -0.2) is 32.1 Å². The highest BCUT2D eigenvalue weighted by molar-refractivity contribution is 6.09. The summed E-state index contributed by atoms with van der Waals surface area (Å²) in [7, 11) is 1.61. The highest BCUT2D eigenvalue weighted by atomic mass is 16.5. The molecular weight excluding hydrogens is 280 g/mol. The van der Waals surface area contributed by atoms with E-state index in [1.165, 1.54) is 0 Å². The summed E-state index contributed by atoms with van der Waals surface area (Å²) in [6, 6.07) is 5.69. The van der Waals surface area contributed by atoms with E-state index in [0.29, 0.717) is 18.8 Å². The number of anilines is 1. The van der Waals surface area contributed by atoms with Crippen molar-refractivity contribution >= 4 is 17.5 Å². The van der Waals surface area contributed by atoms with Gasteiger partial charge in [0.2, 0.25) is 11.8 Å². The van der Waals surface area contributed by atoms with Gasteiger partial charge in [-0.2, -0.15) is 0 Å². The summed E-state index contributed by atoms with van der Waals surface area (Å²) in [5.41, 5.74) is 1.83. The number of rotatable bonds is 7. The lowest BCUT2D eigenvalue weighted by Crippen LogP contribution is -2.45. The summed E-state index contributed by atoms with van der Waals surface area (Å²) in [5, 5.41) is 5.57. The summed E-state index contributed by atoms with van der Waals surface area (Å²) < 4.78 is 4.93. The molecular formula is C17H26N2O3. The highest BCUT2D eigenvalue weighted by Gasteiger charge is 2.35. The molecule has 22 heavy (non-hydrogen) atoms. The van der Waals surface area contributed by atoms with Gasteiger partial charge in [-0.3, -0.25) is 9.59 Å². The molecule has 0 radical (unpaired) electrons. The third-order valence-electron chi connectivity index (χ3n) is 3.71. The van der Waals surface area contributed by atoms with Gasteiger partial charge in [0.15, 0.2) is 0 Å². The van der Waals surface area contributed by atoms with Crippen LogP contribution in [0.15, 0.2) is 18.2 Å². The molecule has 0 aliphatic heterocycles. The van der Waals surface area contributed by atoms with Crippen LogP contribution in [0.3, 0.4) is 0 Å². The van der Waals surface area contributed by atoms with E-state index < -0.39 is 5.41 Å². The van der Waals surface area contributed by atoms with Crippen molar-refractivity contribution in [1.82, 2.24) is 5.32 Å². The largest absolute Gasteiger partial charge is 0.385 e.